The molecule has 0 saturated heterocycles. The third-order valence-corrected chi connectivity index (χ3v) is 12.4. The number of phenolic OH excluding ortho intramolecular Hbond substituents is 1. The van der Waals surface area contributed by atoms with E-state index in [1.807, 2.05) is 12.3 Å². The molecule has 306 valence electrons. The van der Waals surface area contributed by atoms with Crippen LogP contribution in [0, 0.1) is 0 Å². The fourth-order valence-electron chi connectivity index (χ4n) is 8.97. The summed E-state index contributed by atoms with van der Waals surface area (Å²) < 4.78 is 4.59. The van der Waals surface area contributed by atoms with E-state index in [1.165, 1.54) is 22.3 Å². The lowest BCUT2D eigenvalue weighted by molar-refractivity contribution is -0.532. The Labute approximate surface area is 357 Å². The first kappa shape index (κ1) is 40.8. The molecule has 5 nitrogen and oxygen atoms in total. The first-order valence-corrected chi connectivity index (χ1v) is 21.5. The van der Waals surface area contributed by atoms with Gasteiger partial charge in [-0.3, -0.25) is 9.56 Å². The molecule has 0 unspecified atom stereocenters. The van der Waals surface area contributed by atoms with Gasteiger partial charge < -0.3 is 14.6 Å². The first-order chi connectivity index (χ1) is 28.4. The van der Waals surface area contributed by atoms with E-state index in [4.69, 9.17) is 4.98 Å². The number of nitrogens with zero attached hydrogens (tertiary/aromatic N) is 4. The van der Waals surface area contributed by atoms with Crippen LogP contribution in [0.4, 0.5) is 17.1 Å². The third kappa shape index (κ3) is 7.02. The minimum Gasteiger partial charge on any atom is -0.513 e. The van der Waals surface area contributed by atoms with E-state index in [2.05, 4.69) is 219 Å². The largest absolute Gasteiger partial charge is 0.513 e. The van der Waals surface area contributed by atoms with Crippen molar-refractivity contribution in [3.8, 4) is 33.8 Å². The number of phenols is 1. The second-order valence-electron chi connectivity index (χ2n) is 19.7. The molecule has 5 aromatic carbocycles. The fraction of sp³-hybridized carbons (Fsp3) is 0.309. The van der Waals surface area contributed by atoms with Gasteiger partial charge in [-0.15, -0.1) is 0 Å². The Morgan fingerprint density at radius 3 is 1.97 bits per heavy atom. The average Bonchev–Trinajstić information content (AvgIpc) is 3.59. The number of benzene rings is 5. The second-order valence-corrected chi connectivity index (χ2v) is 19.7. The lowest BCUT2D eigenvalue weighted by Crippen LogP contribution is -2.41. The topological polar surface area (TPSA) is 44.3 Å². The van der Waals surface area contributed by atoms with Crippen molar-refractivity contribution in [2.45, 2.75) is 111 Å². The van der Waals surface area contributed by atoms with Crippen LogP contribution in [0.15, 0.2) is 128 Å². The van der Waals surface area contributed by atoms with Gasteiger partial charge in [-0.2, -0.15) is 0 Å². The standard InChI is InChI=1S/C55H60N4O/c1-35(2)39-20-19-21-40(36(3)4)51(39)37-27-28-46-41(30-37)42(45-23-17-18-29-56-45)33-57(46)48-25-15-16-26-49(48)59-34-58(47-24-14-13-22-43(47)55(59,11)12)50-32-38(53(5,6)7)31-44(52(50)60)54(8,9)10/h13-33,35-36,60H,1-12H3. The number of anilines is 2. The van der Waals surface area contributed by atoms with Gasteiger partial charge in [0.05, 0.1) is 34.0 Å². The summed E-state index contributed by atoms with van der Waals surface area (Å²) in [4.78, 5) is 6.97. The molecule has 0 spiro atoms. The van der Waals surface area contributed by atoms with Crippen LogP contribution in [-0.4, -0.2) is 25.6 Å². The molecule has 0 saturated carbocycles. The van der Waals surface area contributed by atoms with E-state index in [-0.39, 0.29) is 16.6 Å². The van der Waals surface area contributed by atoms with Crippen LogP contribution in [0.2, 0.25) is 0 Å². The minimum absolute atomic E-state index is 0.142. The smallest absolute Gasteiger partial charge is 0.246 e. The summed E-state index contributed by atoms with van der Waals surface area (Å²) in [5.41, 5.74) is 14.4. The van der Waals surface area contributed by atoms with Crippen LogP contribution < -0.4 is 4.90 Å². The summed E-state index contributed by atoms with van der Waals surface area (Å²) in [5, 5.41) is 13.4. The molecular formula is C55H60N4O. The molecule has 0 radical (unpaired) electrons. The molecule has 8 rings (SSSR count). The number of para-hydroxylation sites is 3. The SMILES string of the molecule is CC(C)c1cccc(C(C)C)c1-c1ccc2c(c1)c(-c1ccccn1)cn2-c1ccccc1[N+]1=[C-]N(c2cc(C(C)(C)C)cc(C(C)(C)C)c2O)c2ccccc2C1(C)C. The highest BCUT2D eigenvalue weighted by atomic mass is 16.3. The Kier molecular flexibility index (Phi) is 10.2. The number of fused-ring (bicyclic) bond motifs is 2. The van der Waals surface area contributed by atoms with Crippen LogP contribution in [0.3, 0.4) is 0 Å². The summed E-state index contributed by atoms with van der Waals surface area (Å²) in [6.45, 7) is 26.9. The Hall–Kier alpha value is -5.94. The number of aromatic nitrogens is 2. The maximum absolute atomic E-state index is 12.2. The Morgan fingerprint density at radius 1 is 0.683 bits per heavy atom. The van der Waals surface area contributed by atoms with Gasteiger partial charge in [0.2, 0.25) is 6.34 Å². The summed E-state index contributed by atoms with van der Waals surface area (Å²) in [6, 6.07) is 41.4. The average molecular weight is 793 g/mol. The van der Waals surface area contributed by atoms with Gasteiger partial charge in [0.15, 0.2) is 0 Å². The van der Waals surface area contributed by atoms with Gasteiger partial charge in [0, 0.05) is 28.9 Å². The fourth-order valence-corrected chi connectivity index (χ4v) is 8.97. The zero-order valence-corrected chi connectivity index (χ0v) is 37.5. The van der Waals surface area contributed by atoms with Crippen molar-refractivity contribution in [3.05, 3.63) is 155 Å². The molecule has 5 heteroatoms. The molecule has 7 aromatic rings. The van der Waals surface area contributed by atoms with Gasteiger partial charge >= 0.3 is 0 Å². The van der Waals surface area contributed by atoms with E-state index >= 15 is 0 Å². The van der Waals surface area contributed by atoms with Gasteiger partial charge in [0.25, 0.3) is 0 Å². The highest BCUT2D eigenvalue weighted by Gasteiger charge is 2.38. The number of hydrogen-bond donors (Lipinski definition) is 1. The summed E-state index contributed by atoms with van der Waals surface area (Å²) in [5.74, 6) is 1.03. The molecule has 2 aromatic heterocycles. The number of aromatic hydroxyl groups is 1. The zero-order valence-electron chi connectivity index (χ0n) is 37.5. The van der Waals surface area contributed by atoms with Crippen molar-refractivity contribution in [3.63, 3.8) is 0 Å². The predicted octanol–water partition coefficient (Wildman–Crippen LogP) is 14.5. The van der Waals surface area contributed by atoms with Crippen LogP contribution in [-0.2, 0) is 16.4 Å². The predicted molar refractivity (Wildman–Crippen MR) is 252 cm³/mol. The van der Waals surface area contributed by atoms with Gasteiger partial charge in [0.1, 0.15) is 11.3 Å². The third-order valence-electron chi connectivity index (χ3n) is 12.4. The van der Waals surface area contributed by atoms with Crippen molar-refractivity contribution in [2.75, 3.05) is 4.90 Å². The number of hydrogen-bond acceptors (Lipinski definition) is 3. The highest BCUT2D eigenvalue weighted by molar-refractivity contribution is 6.00. The van der Waals surface area contributed by atoms with Crippen molar-refractivity contribution in [2.24, 2.45) is 0 Å². The first-order valence-electron chi connectivity index (χ1n) is 21.5. The lowest BCUT2D eigenvalue weighted by atomic mass is 9.79. The van der Waals surface area contributed by atoms with Gasteiger partial charge in [-0.25, -0.2) is 0 Å². The number of rotatable bonds is 7. The van der Waals surface area contributed by atoms with E-state index in [0.29, 0.717) is 11.8 Å². The molecule has 1 aliphatic heterocycles. The molecule has 0 bridgehead atoms. The van der Waals surface area contributed by atoms with Gasteiger partial charge in [-0.1, -0.05) is 154 Å². The molecular weight excluding hydrogens is 733 g/mol. The minimum atomic E-state index is -0.513. The molecule has 1 aliphatic rings. The van der Waals surface area contributed by atoms with Crippen LogP contribution in [0.1, 0.15) is 123 Å². The normalized spacial score (nSPS) is 14.2. The Bertz CT molecular complexity index is 2740. The maximum atomic E-state index is 12.2. The van der Waals surface area contributed by atoms with Crippen molar-refractivity contribution >= 4 is 34.3 Å². The van der Waals surface area contributed by atoms with Crippen LogP contribution in [0.5, 0.6) is 5.75 Å². The Balaban J connectivity index is 1.39. The molecule has 60 heavy (non-hydrogen) atoms. The van der Waals surface area contributed by atoms with Crippen LogP contribution >= 0.6 is 0 Å². The quantitative estimate of drug-likeness (QED) is 0.129. The summed E-state index contributed by atoms with van der Waals surface area (Å²) in [7, 11) is 0. The number of pyridine rings is 1. The molecule has 0 aliphatic carbocycles. The molecule has 1 N–H and O–H groups in total. The van der Waals surface area contributed by atoms with Gasteiger partial charge in [-0.05, 0) is 100 Å². The van der Waals surface area contributed by atoms with Crippen molar-refractivity contribution in [1.29, 1.82) is 0 Å². The summed E-state index contributed by atoms with van der Waals surface area (Å²) in [6.07, 6.45) is 8.00. The molecule has 0 amide bonds. The molecule has 0 atom stereocenters. The monoisotopic (exact) mass is 792 g/mol. The van der Waals surface area contributed by atoms with E-state index in [0.717, 1.165) is 61.6 Å². The van der Waals surface area contributed by atoms with Crippen molar-refractivity contribution < 1.29 is 9.68 Å². The molecule has 0 fully saturated rings. The Morgan fingerprint density at radius 2 is 1.33 bits per heavy atom. The lowest BCUT2D eigenvalue weighted by Gasteiger charge is -2.41. The second kappa shape index (κ2) is 15.0. The highest BCUT2D eigenvalue weighted by Crippen LogP contribution is 2.49. The molecule has 3 heterocycles. The summed E-state index contributed by atoms with van der Waals surface area (Å²) >= 11 is 0. The van der Waals surface area contributed by atoms with Crippen LogP contribution in [0.25, 0.3) is 39.0 Å². The van der Waals surface area contributed by atoms with E-state index in [9.17, 15) is 5.11 Å². The zero-order chi connectivity index (χ0) is 42.9. The van der Waals surface area contributed by atoms with E-state index < -0.39 is 5.54 Å². The maximum Gasteiger partial charge on any atom is 0.246 e. The van der Waals surface area contributed by atoms with Crippen molar-refractivity contribution in [1.82, 2.24) is 9.55 Å². The van der Waals surface area contributed by atoms with E-state index in [1.54, 1.807) is 0 Å².